The van der Waals surface area contributed by atoms with Crippen molar-refractivity contribution < 1.29 is 52.8 Å². The van der Waals surface area contributed by atoms with Crippen LogP contribution in [0.3, 0.4) is 0 Å². The Morgan fingerprint density at radius 1 is 0.850 bits per heavy atom. The standard InChI is InChI=1S/C10H16.C6H6O.2ClH.Zr/c1-6-7(2)9(4)10(5)8(6)3;7-6-4-2-1-3-5-6;;;/h6H,1-5H3;1-5,7H;2*1H;/q;;;;+3/p-3. The van der Waals surface area contributed by atoms with Crippen LogP contribution in [-0.2, 0) is 25.2 Å². The molecular formula is C16H21Cl2OZr. The molecule has 1 aromatic rings. The molecule has 0 atom stereocenters. The third kappa shape index (κ3) is 5.76. The average molecular weight is 391 g/mol. The number of benzene rings is 1. The number of hydrogen-bond donors (Lipinski definition) is 0. The minimum absolute atomic E-state index is 0. The van der Waals surface area contributed by atoms with Gasteiger partial charge in [0.15, 0.2) is 0 Å². The van der Waals surface area contributed by atoms with Crippen LogP contribution in [0.1, 0.15) is 34.6 Å². The van der Waals surface area contributed by atoms with Crippen molar-refractivity contribution in [1.29, 1.82) is 0 Å². The maximum absolute atomic E-state index is 5.00. The molecule has 1 aromatic carbocycles. The predicted octanol–water partition coefficient (Wildman–Crippen LogP) is -1.16. The van der Waals surface area contributed by atoms with E-state index in [0.29, 0.717) is 5.92 Å². The van der Waals surface area contributed by atoms with Crippen molar-refractivity contribution in [2.24, 2.45) is 5.92 Å². The Morgan fingerprint density at radius 3 is 1.45 bits per heavy atom. The number of hydrogen-bond acceptors (Lipinski definition) is 1. The summed E-state index contributed by atoms with van der Waals surface area (Å²) >= 11 is 1.09. The van der Waals surface area contributed by atoms with E-state index >= 15 is 0 Å². The molecule has 4 heteroatoms. The van der Waals surface area contributed by atoms with E-state index in [9.17, 15) is 0 Å². The second-order valence-electron chi connectivity index (χ2n) is 4.75. The Balaban J connectivity index is 0. The summed E-state index contributed by atoms with van der Waals surface area (Å²) in [6.07, 6.45) is 0. The summed E-state index contributed by atoms with van der Waals surface area (Å²) in [5, 5.41) is 0. The van der Waals surface area contributed by atoms with Gasteiger partial charge in [0.2, 0.25) is 0 Å². The molecule has 0 heterocycles. The fourth-order valence-electron chi connectivity index (χ4n) is 2.05. The summed E-state index contributed by atoms with van der Waals surface area (Å²) in [7, 11) is 0. The van der Waals surface area contributed by atoms with Gasteiger partial charge in [-0.05, 0) is 44.8 Å². The molecule has 0 amide bonds. The first kappa shape index (κ1) is 22.2. The number of halogens is 2. The second kappa shape index (κ2) is 10.7. The fourth-order valence-corrected chi connectivity index (χ4v) is 2.39. The Labute approximate surface area is 151 Å². The van der Waals surface area contributed by atoms with Crippen LogP contribution in [0.5, 0.6) is 5.75 Å². The summed E-state index contributed by atoms with van der Waals surface area (Å²) in [6.45, 7) is 11.2. The molecule has 0 saturated heterocycles. The SMILES string of the molecule is CC1=C(C)C(C)C(C)=C1C.[Cl-].[Cl-].[Zr+2][O]c1ccccc1. The van der Waals surface area contributed by atoms with E-state index in [1.165, 1.54) is 11.1 Å². The van der Waals surface area contributed by atoms with E-state index in [1.54, 1.807) is 11.1 Å². The second-order valence-corrected chi connectivity index (χ2v) is 5.25. The molecule has 1 aliphatic carbocycles. The maximum atomic E-state index is 5.00. The van der Waals surface area contributed by atoms with Crippen LogP contribution in [0, 0.1) is 5.92 Å². The van der Waals surface area contributed by atoms with E-state index in [1.807, 2.05) is 30.3 Å². The molecule has 0 unspecified atom stereocenters. The van der Waals surface area contributed by atoms with Gasteiger partial charge in [-0.1, -0.05) is 18.1 Å². The van der Waals surface area contributed by atoms with Crippen molar-refractivity contribution in [3.63, 3.8) is 0 Å². The van der Waals surface area contributed by atoms with Gasteiger partial charge >= 0.3 is 64.1 Å². The van der Waals surface area contributed by atoms with Crippen LogP contribution >= 0.6 is 0 Å². The number of para-hydroxylation sites is 1. The monoisotopic (exact) mass is 389 g/mol. The van der Waals surface area contributed by atoms with Gasteiger partial charge < -0.3 is 24.8 Å². The Hall–Kier alpha value is -0.0369. The molecule has 0 saturated carbocycles. The van der Waals surface area contributed by atoms with Crippen molar-refractivity contribution in [2.45, 2.75) is 34.6 Å². The molecule has 109 valence electrons. The summed E-state index contributed by atoms with van der Waals surface area (Å²) in [6, 6.07) is 9.76. The molecule has 2 rings (SSSR count). The van der Waals surface area contributed by atoms with Crippen LogP contribution in [0.15, 0.2) is 52.6 Å². The van der Waals surface area contributed by atoms with Gasteiger partial charge in [0.25, 0.3) is 0 Å². The normalized spacial score (nSPS) is 14.2. The van der Waals surface area contributed by atoms with Crippen molar-refractivity contribution in [3.05, 3.63) is 52.6 Å². The molecule has 0 fully saturated rings. The van der Waals surface area contributed by atoms with E-state index < -0.39 is 0 Å². The molecule has 0 aliphatic heterocycles. The third-order valence-electron chi connectivity index (χ3n) is 3.91. The summed E-state index contributed by atoms with van der Waals surface area (Å²) in [5.74, 6) is 1.64. The third-order valence-corrected chi connectivity index (χ3v) is 4.48. The Morgan fingerprint density at radius 2 is 1.25 bits per heavy atom. The Kier molecular flexibility index (Phi) is 11.9. The zero-order valence-electron chi connectivity index (χ0n) is 12.6. The fraction of sp³-hybridized carbons (Fsp3) is 0.375. The molecule has 20 heavy (non-hydrogen) atoms. The van der Waals surface area contributed by atoms with E-state index in [4.69, 9.17) is 2.81 Å². The molecule has 1 nitrogen and oxygen atoms in total. The molecule has 0 aromatic heterocycles. The van der Waals surface area contributed by atoms with Crippen LogP contribution in [0.2, 0.25) is 0 Å². The average Bonchev–Trinajstić information content (AvgIpc) is 2.59. The van der Waals surface area contributed by atoms with Gasteiger partial charge in [-0.2, -0.15) is 0 Å². The van der Waals surface area contributed by atoms with Gasteiger partial charge in [-0.3, -0.25) is 0 Å². The molecule has 0 radical (unpaired) electrons. The van der Waals surface area contributed by atoms with E-state index in [2.05, 4.69) is 34.6 Å². The summed E-state index contributed by atoms with van der Waals surface area (Å²) in [5.41, 5.74) is 6.11. The molecule has 1 aliphatic rings. The van der Waals surface area contributed by atoms with Gasteiger partial charge in [0.05, 0.1) is 0 Å². The predicted molar refractivity (Wildman–Crippen MR) is 73.0 cm³/mol. The summed E-state index contributed by atoms with van der Waals surface area (Å²) in [4.78, 5) is 0. The zero-order valence-corrected chi connectivity index (χ0v) is 16.6. The van der Waals surface area contributed by atoms with E-state index in [0.717, 1.165) is 30.9 Å². The first-order valence-corrected chi connectivity index (χ1v) is 7.23. The minimum atomic E-state index is 0. The quantitative estimate of drug-likeness (QED) is 0.587. The van der Waals surface area contributed by atoms with Crippen molar-refractivity contribution in [1.82, 2.24) is 0 Å². The van der Waals surface area contributed by atoms with Crippen LogP contribution in [0.4, 0.5) is 0 Å². The Bertz CT molecular complexity index is 443. The topological polar surface area (TPSA) is 9.23 Å². The van der Waals surface area contributed by atoms with Crippen molar-refractivity contribution >= 4 is 0 Å². The van der Waals surface area contributed by atoms with Gasteiger partial charge in [0.1, 0.15) is 0 Å². The van der Waals surface area contributed by atoms with Gasteiger partial charge in [-0.25, -0.2) is 0 Å². The van der Waals surface area contributed by atoms with Crippen LogP contribution in [-0.4, -0.2) is 0 Å². The van der Waals surface area contributed by atoms with E-state index in [-0.39, 0.29) is 24.8 Å². The molecule has 0 bridgehead atoms. The zero-order chi connectivity index (χ0) is 13.7. The van der Waals surface area contributed by atoms with Gasteiger partial charge in [-0.15, -0.1) is 0 Å². The summed E-state index contributed by atoms with van der Waals surface area (Å²) < 4.78 is 5.00. The van der Waals surface area contributed by atoms with Crippen LogP contribution < -0.4 is 27.6 Å². The van der Waals surface area contributed by atoms with Crippen molar-refractivity contribution in [2.75, 3.05) is 0 Å². The molecule has 0 spiro atoms. The first-order chi connectivity index (χ1) is 8.49. The molecular weight excluding hydrogens is 370 g/mol. The molecule has 0 N–H and O–H groups in total. The number of allylic oxidation sites excluding steroid dienone is 4. The first-order valence-electron chi connectivity index (χ1n) is 6.22. The van der Waals surface area contributed by atoms with Gasteiger partial charge in [0, 0.05) is 0 Å². The van der Waals surface area contributed by atoms with Crippen molar-refractivity contribution in [3.8, 4) is 5.75 Å². The van der Waals surface area contributed by atoms with Crippen LogP contribution in [0.25, 0.3) is 0 Å². The number of rotatable bonds is 1.